The Kier molecular flexibility index (Phi) is 27.4. The number of ketones is 3. The predicted octanol–water partition coefficient (Wildman–Crippen LogP) is 12.2. The first-order valence-corrected chi connectivity index (χ1v) is 26.4. The van der Waals surface area contributed by atoms with Crippen LogP contribution in [0.3, 0.4) is 0 Å². The number of Topliss-reactive ketones (excluding diaryl/α,β-unsaturated/α-hetero) is 3. The second-order valence-electron chi connectivity index (χ2n) is 23.4. The molecule has 12 heteroatoms. The zero-order chi connectivity index (χ0) is 51.1. The molecule has 0 aromatic rings. The normalized spacial score (nSPS) is 18.1. The highest BCUT2D eigenvalue weighted by Gasteiger charge is 2.50. The van der Waals surface area contributed by atoms with Gasteiger partial charge < -0.3 is 30.6 Å². The van der Waals surface area contributed by atoms with Crippen LogP contribution in [0.1, 0.15) is 261 Å². The van der Waals surface area contributed by atoms with Crippen molar-refractivity contribution < 1.29 is 59.4 Å². The average Bonchev–Trinajstić information content (AvgIpc) is 4.16. The monoisotopic (exact) mass is 951 g/mol. The van der Waals surface area contributed by atoms with E-state index in [0.717, 1.165) is 199 Å². The summed E-state index contributed by atoms with van der Waals surface area (Å²) in [5.41, 5.74) is -2.06. The van der Waals surface area contributed by atoms with Gasteiger partial charge in [-0.25, -0.2) is 0 Å². The molecule has 0 heterocycles. The fraction of sp³-hybridized carbons (Fsp3) is 0.891. The molecule has 3 fully saturated rings. The van der Waals surface area contributed by atoms with Crippen LogP contribution < -0.4 is 0 Å². The summed E-state index contributed by atoms with van der Waals surface area (Å²) in [7, 11) is 0. The summed E-state index contributed by atoms with van der Waals surface area (Å²) < 4.78 is 0. The third-order valence-electron chi connectivity index (χ3n) is 16.3. The summed E-state index contributed by atoms with van der Waals surface area (Å²) in [6, 6.07) is 0. The van der Waals surface area contributed by atoms with Crippen LogP contribution in [-0.2, 0) is 28.8 Å². The van der Waals surface area contributed by atoms with Gasteiger partial charge in [0.2, 0.25) is 0 Å². The quantitative estimate of drug-likeness (QED) is 0.0323. The summed E-state index contributed by atoms with van der Waals surface area (Å²) in [5.74, 6) is -1.28. The van der Waals surface area contributed by atoms with Gasteiger partial charge in [-0.05, 0) is 136 Å². The van der Waals surface area contributed by atoms with Crippen molar-refractivity contribution in [2.45, 2.75) is 280 Å². The number of aliphatic carboxylic acids is 3. The van der Waals surface area contributed by atoms with Gasteiger partial charge in [0.25, 0.3) is 0 Å². The Bertz CT molecular complexity index is 1390. The van der Waals surface area contributed by atoms with E-state index in [4.69, 9.17) is 10.2 Å². The lowest BCUT2D eigenvalue weighted by Gasteiger charge is -2.37. The van der Waals surface area contributed by atoms with Crippen LogP contribution in [0, 0.1) is 32.5 Å². The SMILES string of the molecule is CC(=O)C(C)(C)CCCCC(O)CCCCC1(C(=O)O)CC1.CC(=O)C(C)(C)CCCCC(O)CCCCC1(C(=O)O)CC1.CC(=O)C(C)(C)CCCCC(O)CCCCC1(C(=O)O)CCC1. The van der Waals surface area contributed by atoms with E-state index in [9.17, 15) is 49.2 Å². The van der Waals surface area contributed by atoms with Gasteiger partial charge in [0.05, 0.1) is 34.6 Å². The average molecular weight is 951 g/mol. The van der Waals surface area contributed by atoms with Gasteiger partial charge in [0.1, 0.15) is 17.3 Å². The second-order valence-corrected chi connectivity index (χ2v) is 23.4. The van der Waals surface area contributed by atoms with Gasteiger partial charge in [-0.2, -0.15) is 0 Å². The number of carboxylic acid groups (broad SMARTS) is 3. The second kappa shape index (κ2) is 29.5. The number of hydrogen-bond donors (Lipinski definition) is 6. The Morgan fingerprint density at radius 2 is 0.582 bits per heavy atom. The summed E-state index contributed by atoms with van der Waals surface area (Å²) in [6.45, 7) is 16.8. The highest BCUT2D eigenvalue weighted by Crippen LogP contribution is 2.51. The number of aliphatic hydroxyl groups excluding tert-OH is 3. The summed E-state index contributed by atoms with van der Waals surface area (Å²) in [4.78, 5) is 67.6. The van der Waals surface area contributed by atoms with Crippen LogP contribution in [0.2, 0.25) is 0 Å². The van der Waals surface area contributed by atoms with Gasteiger partial charge in [0, 0.05) is 16.2 Å². The van der Waals surface area contributed by atoms with E-state index < -0.39 is 34.2 Å². The smallest absolute Gasteiger partial charge is 0.309 e. The third-order valence-corrected chi connectivity index (χ3v) is 16.3. The van der Waals surface area contributed by atoms with E-state index in [1.165, 1.54) is 0 Å². The summed E-state index contributed by atoms with van der Waals surface area (Å²) in [6.07, 6.45) is 25.6. The molecule has 3 unspecified atom stereocenters. The Labute approximate surface area is 405 Å². The lowest BCUT2D eigenvalue weighted by atomic mass is 9.66. The molecule has 3 saturated carbocycles. The summed E-state index contributed by atoms with van der Waals surface area (Å²) >= 11 is 0. The molecule has 12 nitrogen and oxygen atoms in total. The van der Waals surface area contributed by atoms with Crippen molar-refractivity contribution in [2.75, 3.05) is 0 Å². The van der Waals surface area contributed by atoms with E-state index in [1.54, 1.807) is 20.8 Å². The molecule has 0 radical (unpaired) electrons. The highest BCUT2D eigenvalue weighted by molar-refractivity contribution is 5.82. The molecule has 0 aromatic heterocycles. The van der Waals surface area contributed by atoms with E-state index in [-0.39, 0.29) is 51.9 Å². The van der Waals surface area contributed by atoms with Gasteiger partial charge >= 0.3 is 17.9 Å². The van der Waals surface area contributed by atoms with Crippen LogP contribution in [0.5, 0.6) is 0 Å². The molecule has 0 saturated heterocycles. The molecule has 67 heavy (non-hydrogen) atoms. The lowest BCUT2D eigenvalue weighted by Crippen LogP contribution is -2.37. The standard InChI is InChI=1S/C19H34O4.2C18H32O4/c1-15(20)18(2,3)11-6-4-9-16(21)10-5-7-12-19(17(22)23)13-8-14-19;2*1-14(19)17(2,3)10-6-4-8-15(20)9-5-7-11-18(12-13-18)16(21)22/h16,21H,4-14H2,1-3H3,(H,22,23);2*15,20H,4-13H2,1-3H3,(H,21,22). The Morgan fingerprint density at radius 3 is 0.746 bits per heavy atom. The molecule has 3 aliphatic rings. The minimum Gasteiger partial charge on any atom is -0.481 e. The van der Waals surface area contributed by atoms with Crippen LogP contribution in [-0.4, -0.2) is 84.2 Å². The largest absolute Gasteiger partial charge is 0.481 e. The van der Waals surface area contributed by atoms with Crippen molar-refractivity contribution in [3.05, 3.63) is 0 Å². The number of carbonyl (C=O) groups excluding carboxylic acids is 3. The maximum absolute atomic E-state index is 11.4. The molecule has 0 bridgehead atoms. The van der Waals surface area contributed by atoms with Crippen LogP contribution in [0.25, 0.3) is 0 Å². The molecule has 390 valence electrons. The van der Waals surface area contributed by atoms with Crippen LogP contribution >= 0.6 is 0 Å². The van der Waals surface area contributed by atoms with Gasteiger partial charge in [0.15, 0.2) is 0 Å². The molecule has 0 aliphatic heterocycles. The maximum atomic E-state index is 11.4. The van der Waals surface area contributed by atoms with E-state index >= 15 is 0 Å². The van der Waals surface area contributed by atoms with Crippen molar-refractivity contribution in [3.63, 3.8) is 0 Å². The number of carboxylic acids is 3. The van der Waals surface area contributed by atoms with Crippen molar-refractivity contribution in [2.24, 2.45) is 32.5 Å². The summed E-state index contributed by atoms with van der Waals surface area (Å²) in [5, 5.41) is 57.4. The topological polar surface area (TPSA) is 224 Å². The minimum atomic E-state index is -0.652. The molecular formula is C55H98O12. The first-order chi connectivity index (χ1) is 31.1. The molecular weight excluding hydrogens is 853 g/mol. The van der Waals surface area contributed by atoms with Crippen molar-refractivity contribution in [1.29, 1.82) is 0 Å². The molecule has 3 aliphatic carbocycles. The predicted molar refractivity (Wildman–Crippen MR) is 265 cm³/mol. The van der Waals surface area contributed by atoms with Crippen molar-refractivity contribution in [3.8, 4) is 0 Å². The number of rotatable bonds is 36. The lowest BCUT2D eigenvalue weighted by molar-refractivity contribution is -0.155. The molecule has 3 rings (SSSR count). The molecule has 0 aromatic carbocycles. The van der Waals surface area contributed by atoms with Gasteiger partial charge in [-0.1, -0.05) is 125 Å². The fourth-order valence-corrected chi connectivity index (χ4v) is 8.95. The van der Waals surface area contributed by atoms with E-state index in [1.807, 2.05) is 41.5 Å². The molecule has 0 spiro atoms. The number of aliphatic hydroxyl groups is 3. The maximum Gasteiger partial charge on any atom is 0.309 e. The van der Waals surface area contributed by atoms with Crippen molar-refractivity contribution >= 4 is 35.3 Å². The Balaban J connectivity index is 0.000000503. The molecule has 0 amide bonds. The number of hydrogen-bond acceptors (Lipinski definition) is 9. The molecule has 3 atom stereocenters. The zero-order valence-electron chi connectivity index (χ0n) is 43.8. The fourth-order valence-electron chi connectivity index (χ4n) is 8.95. The van der Waals surface area contributed by atoms with Crippen LogP contribution in [0.15, 0.2) is 0 Å². The zero-order valence-corrected chi connectivity index (χ0v) is 43.8. The van der Waals surface area contributed by atoms with Gasteiger partial charge in [-0.15, -0.1) is 0 Å². The minimum absolute atomic E-state index is 0.223. The molecule has 6 N–H and O–H groups in total. The highest BCUT2D eigenvalue weighted by atomic mass is 16.4. The Morgan fingerprint density at radius 1 is 0.373 bits per heavy atom. The van der Waals surface area contributed by atoms with E-state index in [2.05, 4.69) is 0 Å². The first kappa shape index (κ1) is 62.3. The van der Waals surface area contributed by atoms with Gasteiger partial charge in [-0.3, -0.25) is 28.8 Å². The number of carbonyl (C=O) groups is 6. The third kappa shape index (κ3) is 24.1. The Hall–Kier alpha value is -2.70. The first-order valence-electron chi connectivity index (χ1n) is 26.4. The van der Waals surface area contributed by atoms with Crippen molar-refractivity contribution in [1.82, 2.24) is 0 Å². The van der Waals surface area contributed by atoms with E-state index in [0.29, 0.717) is 0 Å². The van der Waals surface area contributed by atoms with Crippen LogP contribution in [0.4, 0.5) is 0 Å². The number of unbranched alkanes of at least 4 members (excludes halogenated alkanes) is 6.